The maximum Gasteiger partial charge on any atom is 0.303 e. The first-order valence-corrected chi connectivity index (χ1v) is 6.31. The summed E-state index contributed by atoms with van der Waals surface area (Å²) in [6.07, 6.45) is 3.35. The minimum Gasteiger partial charge on any atom is -0.262 e. The van der Waals surface area contributed by atoms with Crippen LogP contribution < -0.4 is 5.73 Å². The third-order valence-corrected chi connectivity index (χ3v) is 3.67. The average molecular weight is 279 g/mol. The van der Waals surface area contributed by atoms with E-state index in [4.69, 9.17) is 17.3 Å². The van der Waals surface area contributed by atoms with Crippen LogP contribution in [0.25, 0.3) is 5.57 Å². The van der Waals surface area contributed by atoms with E-state index in [1.807, 2.05) is 32.0 Å². The molecule has 1 aromatic carbocycles. The molecule has 4 nitrogen and oxygen atoms in total. The van der Waals surface area contributed by atoms with Crippen molar-refractivity contribution >= 4 is 17.2 Å². The molecule has 100 valence electrons. The van der Waals surface area contributed by atoms with E-state index in [0.29, 0.717) is 10.6 Å². The van der Waals surface area contributed by atoms with Gasteiger partial charge in [0.05, 0.1) is 12.0 Å². The van der Waals surface area contributed by atoms with Crippen molar-refractivity contribution in [3.05, 3.63) is 62.2 Å². The van der Waals surface area contributed by atoms with Crippen molar-refractivity contribution in [3.8, 4) is 0 Å². The second kappa shape index (κ2) is 4.79. The molecule has 5 heteroatoms. The molecule has 0 radical (unpaired) electrons. The molecular formula is C14H15ClN2O2. The van der Waals surface area contributed by atoms with Gasteiger partial charge in [-0.25, -0.2) is 0 Å². The Balaban J connectivity index is 2.68. The Bertz CT molecular complexity index is 587. The quantitative estimate of drug-likeness (QED) is 0.513. The SMILES string of the molecule is Cc1cccc(C)c1C1=CC=C(Cl)CC1(N)[N+](=O)[O-]. The van der Waals surface area contributed by atoms with Gasteiger partial charge in [0.2, 0.25) is 0 Å². The monoisotopic (exact) mass is 278 g/mol. The number of benzene rings is 1. The van der Waals surface area contributed by atoms with Crippen molar-refractivity contribution in [2.24, 2.45) is 5.73 Å². The number of allylic oxidation sites excluding steroid dienone is 2. The van der Waals surface area contributed by atoms with Crippen molar-refractivity contribution in [1.29, 1.82) is 0 Å². The molecule has 0 aliphatic heterocycles. The third kappa shape index (κ3) is 2.29. The van der Waals surface area contributed by atoms with Gasteiger partial charge in [-0.05, 0) is 42.7 Å². The zero-order chi connectivity index (χ0) is 14.2. The van der Waals surface area contributed by atoms with Crippen LogP contribution in [0.4, 0.5) is 0 Å². The van der Waals surface area contributed by atoms with Gasteiger partial charge in [-0.3, -0.25) is 15.8 Å². The van der Waals surface area contributed by atoms with Crippen molar-refractivity contribution in [3.63, 3.8) is 0 Å². The highest BCUT2D eigenvalue weighted by atomic mass is 35.5. The smallest absolute Gasteiger partial charge is 0.262 e. The van der Waals surface area contributed by atoms with Gasteiger partial charge in [0.15, 0.2) is 0 Å². The molecule has 2 N–H and O–H groups in total. The highest BCUT2D eigenvalue weighted by molar-refractivity contribution is 6.30. The van der Waals surface area contributed by atoms with Crippen LogP contribution in [-0.4, -0.2) is 10.6 Å². The summed E-state index contributed by atoms with van der Waals surface area (Å²) < 4.78 is 0. The normalized spacial score (nSPS) is 22.7. The number of halogens is 1. The summed E-state index contributed by atoms with van der Waals surface area (Å²) in [6.45, 7) is 3.84. The fraction of sp³-hybridized carbons (Fsp3) is 0.286. The minimum absolute atomic E-state index is 0.0150. The maximum absolute atomic E-state index is 11.4. The van der Waals surface area contributed by atoms with Gasteiger partial charge >= 0.3 is 5.66 Å². The summed E-state index contributed by atoms with van der Waals surface area (Å²) in [6, 6.07) is 5.76. The number of hydrogen-bond donors (Lipinski definition) is 1. The molecule has 2 rings (SSSR count). The highest BCUT2D eigenvalue weighted by Gasteiger charge is 2.45. The first-order valence-electron chi connectivity index (χ1n) is 5.93. The van der Waals surface area contributed by atoms with Gasteiger partial charge in [-0.2, -0.15) is 0 Å². The maximum atomic E-state index is 11.4. The predicted octanol–water partition coefficient (Wildman–Crippen LogP) is 3.14. The lowest BCUT2D eigenvalue weighted by molar-refractivity contribution is -0.549. The zero-order valence-corrected chi connectivity index (χ0v) is 11.6. The third-order valence-electron chi connectivity index (χ3n) is 3.41. The molecule has 0 heterocycles. The van der Waals surface area contributed by atoms with Crippen molar-refractivity contribution in [2.45, 2.75) is 25.9 Å². The number of hydrogen-bond acceptors (Lipinski definition) is 3. The Morgan fingerprint density at radius 3 is 2.42 bits per heavy atom. The summed E-state index contributed by atoms with van der Waals surface area (Å²) in [5.41, 5.74) is 7.63. The van der Waals surface area contributed by atoms with E-state index in [9.17, 15) is 10.1 Å². The molecular weight excluding hydrogens is 264 g/mol. The summed E-state index contributed by atoms with van der Waals surface area (Å²) in [7, 11) is 0. The standard InChI is InChI=1S/C14H15ClN2O2/c1-9-4-3-5-10(2)13(9)12-7-6-11(15)8-14(12,16)17(18)19/h3-7H,8,16H2,1-2H3. The molecule has 0 amide bonds. The van der Waals surface area contributed by atoms with Gasteiger partial charge in [0, 0.05) is 9.96 Å². The summed E-state index contributed by atoms with van der Waals surface area (Å²) in [5, 5.41) is 11.8. The molecule has 0 fully saturated rings. The first-order chi connectivity index (χ1) is 8.86. The molecule has 0 saturated heterocycles. The van der Waals surface area contributed by atoms with E-state index in [2.05, 4.69) is 0 Å². The number of rotatable bonds is 2. The number of nitrogens with zero attached hydrogens (tertiary/aromatic N) is 1. The van der Waals surface area contributed by atoms with E-state index in [1.165, 1.54) is 0 Å². The van der Waals surface area contributed by atoms with Gasteiger partial charge in [0.1, 0.15) is 0 Å². The highest BCUT2D eigenvalue weighted by Crippen LogP contribution is 2.38. The molecule has 0 bridgehead atoms. The molecule has 0 saturated carbocycles. The van der Waals surface area contributed by atoms with E-state index in [-0.39, 0.29) is 6.42 Å². The molecule has 1 aliphatic carbocycles. The number of nitro groups is 1. The van der Waals surface area contributed by atoms with Crippen LogP contribution in [0, 0.1) is 24.0 Å². The molecule has 1 aliphatic rings. The van der Waals surface area contributed by atoms with Crippen LogP contribution in [0.3, 0.4) is 0 Å². The van der Waals surface area contributed by atoms with E-state index < -0.39 is 10.6 Å². The average Bonchev–Trinajstić information content (AvgIpc) is 2.31. The van der Waals surface area contributed by atoms with Crippen LogP contribution in [0.5, 0.6) is 0 Å². The second-order valence-electron chi connectivity index (χ2n) is 4.82. The minimum atomic E-state index is -1.66. The predicted molar refractivity (Wildman–Crippen MR) is 76.4 cm³/mol. The number of aryl methyl sites for hydroxylation is 2. The summed E-state index contributed by atoms with van der Waals surface area (Å²) in [4.78, 5) is 10.9. The Labute approximate surface area is 116 Å². The summed E-state index contributed by atoms with van der Waals surface area (Å²) in [5.74, 6) is 0. The molecule has 0 spiro atoms. The number of nitrogens with two attached hydrogens (primary N) is 1. The Morgan fingerprint density at radius 1 is 1.32 bits per heavy atom. The molecule has 1 aromatic rings. The fourth-order valence-corrected chi connectivity index (χ4v) is 2.70. The van der Waals surface area contributed by atoms with Gasteiger partial charge in [0.25, 0.3) is 0 Å². The van der Waals surface area contributed by atoms with Gasteiger partial charge in [-0.15, -0.1) is 0 Å². The van der Waals surface area contributed by atoms with Crippen LogP contribution in [-0.2, 0) is 0 Å². The molecule has 19 heavy (non-hydrogen) atoms. The zero-order valence-electron chi connectivity index (χ0n) is 10.8. The topological polar surface area (TPSA) is 69.2 Å². The van der Waals surface area contributed by atoms with Gasteiger partial charge in [-0.1, -0.05) is 29.8 Å². The second-order valence-corrected chi connectivity index (χ2v) is 5.30. The van der Waals surface area contributed by atoms with E-state index >= 15 is 0 Å². The Morgan fingerprint density at radius 2 is 1.89 bits per heavy atom. The summed E-state index contributed by atoms with van der Waals surface area (Å²) >= 11 is 5.91. The van der Waals surface area contributed by atoms with Crippen molar-refractivity contribution in [1.82, 2.24) is 0 Å². The molecule has 1 atom stereocenters. The largest absolute Gasteiger partial charge is 0.303 e. The lowest BCUT2D eigenvalue weighted by Crippen LogP contribution is -2.49. The Hall–Kier alpha value is -1.65. The lowest BCUT2D eigenvalue weighted by atomic mass is 9.83. The van der Waals surface area contributed by atoms with Crippen molar-refractivity contribution in [2.75, 3.05) is 0 Å². The first kappa shape index (κ1) is 13.8. The molecule has 0 aromatic heterocycles. The van der Waals surface area contributed by atoms with Gasteiger partial charge < -0.3 is 0 Å². The molecule has 1 unspecified atom stereocenters. The van der Waals surface area contributed by atoms with Crippen LogP contribution in [0.2, 0.25) is 0 Å². The van der Waals surface area contributed by atoms with E-state index in [0.717, 1.165) is 16.7 Å². The van der Waals surface area contributed by atoms with Crippen LogP contribution in [0.1, 0.15) is 23.1 Å². The van der Waals surface area contributed by atoms with E-state index in [1.54, 1.807) is 12.2 Å². The fourth-order valence-electron chi connectivity index (χ4n) is 2.43. The Kier molecular flexibility index (Phi) is 3.47. The van der Waals surface area contributed by atoms with Crippen LogP contribution in [0.15, 0.2) is 35.4 Å². The van der Waals surface area contributed by atoms with Crippen LogP contribution >= 0.6 is 11.6 Å². The van der Waals surface area contributed by atoms with Crippen molar-refractivity contribution < 1.29 is 4.92 Å². The lowest BCUT2D eigenvalue weighted by Gasteiger charge is -2.28.